The Morgan fingerprint density at radius 2 is 1.65 bits per heavy atom. The van der Waals surface area contributed by atoms with Crippen LogP contribution in [-0.4, -0.2) is 51.9 Å². The van der Waals surface area contributed by atoms with Gasteiger partial charge in [-0.1, -0.05) is 12.1 Å². The number of carbonyl (C=O) groups excluding carboxylic acids is 1. The first-order valence-electron chi connectivity index (χ1n) is 9.79. The number of hydrogen-bond donors (Lipinski definition) is 0. The van der Waals surface area contributed by atoms with Crippen LogP contribution in [-0.2, 0) is 6.18 Å². The lowest BCUT2D eigenvalue weighted by Gasteiger charge is -2.36. The second-order valence-corrected chi connectivity index (χ2v) is 7.25. The molecule has 0 aliphatic carbocycles. The van der Waals surface area contributed by atoms with Gasteiger partial charge in [-0.3, -0.25) is 9.78 Å². The molecule has 1 saturated heterocycles. The van der Waals surface area contributed by atoms with E-state index in [-0.39, 0.29) is 5.56 Å². The molecule has 0 saturated carbocycles. The smallest absolute Gasteiger partial charge is 0.353 e. The number of halogens is 3. The highest BCUT2D eigenvalue weighted by Gasteiger charge is 2.36. The first kappa shape index (κ1) is 20.8. The molecule has 31 heavy (non-hydrogen) atoms. The average Bonchev–Trinajstić information content (AvgIpc) is 2.78. The summed E-state index contributed by atoms with van der Waals surface area (Å²) in [6.07, 6.45) is -1.23. The van der Waals surface area contributed by atoms with E-state index in [0.29, 0.717) is 32.0 Å². The van der Waals surface area contributed by atoms with Gasteiger partial charge in [-0.15, -0.1) is 0 Å². The summed E-state index contributed by atoms with van der Waals surface area (Å²) in [6.45, 7) is 3.42. The Hall–Kier alpha value is -3.49. The number of nitrogens with zero attached hydrogens (tertiary/aromatic N) is 5. The van der Waals surface area contributed by atoms with Gasteiger partial charge in [0.15, 0.2) is 5.82 Å². The quantitative estimate of drug-likeness (QED) is 0.636. The predicted molar refractivity (Wildman–Crippen MR) is 110 cm³/mol. The lowest BCUT2D eigenvalue weighted by molar-refractivity contribution is -0.138. The third-order valence-corrected chi connectivity index (χ3v) is 5.13. The topological polar surface area (TPSA) is 62.2 Å². The van der Waals surface area contributed by atoms with Crippen molar-refractivity contribution < 1.29 is 18.0 Å². The van der Waals surface area contributed by atoms with Crippen molar-refractivity contribution in [3.8, 4) is 11.4 Å². The molecule has 4 rings (SSSR count). The molecule has 2 aromatic heterocycles. The minimum absolute atomic E-state index is 0.304. The van der Waals surface area contributed by atoms with Gasteiger partial charge in [-0.2, -0.15) is 13.2 Å². The molecule has 6 nitrogen and oxygen atoms in total. The number of benzene rings is 1. The fourth-order valence-electron chi connectivity index (χ4n) is 3.57. The van der Waals surface area contributed by atoms with Crippen LogP contribution < -0.4 is 4.90 Å². The molecule has 0 unspecified atom stereocenters. The number of amides is 1. The second kappa shape index (κ2) is 8.33. The standard InChI is InChI=1S/C22H20F3N5O/c1-15-14-19(28-20(27-15)16-6-8-26-9-7-16)29-10-12-30(13-11-29)21(31)17-4-2-3-5-18(17)22(23,24)25/h2-9,14H,10-13H2,1H3. The van der Waals surface area contributed by atoms with E-state index in [0.717, 1.165) is 23.1 Å². The largest absolute Gasteiger partial charge is 0.417 e. The maximum atomic E-state index is 13.3. The summed E-state index contributed by atoms with van der Waals surface area (Å²) in [7, 11) is 0. The van der Waals surface area contributed by atoms with Gasteiger partial charge < -0.3 is 9.80 Å². The number of aryl methyl sites for hydroxylation is 1. The van der Waals surface area contributed by atoms with Gasteiger partial charge in [0.1, 0.15) is 5.82 Å². The van der Waals surface area contributed by atoms with Gasteiger partial charge in [0.25, 0.3) is 5.91 Å². The summed E-state index contributed by atoms with van der Waals surface area (Å²) in [5.41, 5.74) is 0.420. The number of carbonyl (C=O) groups is 1. The Balaban J connectivity index is 1.50. The van der Waals surface area contributed by atoms with Gasteiger partial charge in [0.05, 0.1) is 11.1 Å². The van der Waals surface area contributed by atoms with Crippen molar-refractivity contribution in [2.24, 2.45) is 0 Å². The molecule has 9 heteroatoms. The van der Waals surface area contributed by atoms with Crippen LogP contribution in [0.4, 0.5) is 19.0 Å². The van der Waals surface area contributed by atoms with E-state index in [2.05, 4.69) is 15.0 Å². The molecule has 1 aromatic carbocycles. The summed E-state index contributed by atoms with van der Waals surface area (Å²) < 4.78 is 39.8. The molecule has 3 aromatic rings. The molecule has 160 valence electrons. The summed E-state index contributed by atoms with van der Waals surface area (Å²) in [4.78, 5) is 29.4. The zero-order valence-electron chi connectivity index (χ0n) is 16.8. The van der Waals surface area contributed by atoms with Crippen LogP contribution in [0.25, 0.3) is 11.4 Å². The highest BCUT2D eigenvalue weighted by molar-refractivity contribution is 5.96. The van der Waals surface area contributed by atoms with Crippen LogP contribution >= 0.6 is 0 Å². The molecule has 0 N–H and O–H groups in total. The number of hydrogen-bond acceptors (Lipinski definition) is 5. The van der Waals surface area contributed by atoms with Crippen LogP contribution in [0.5, 0.6) is 0 Å². The predicted octanol–water partition coefficient (Wildman–Crippen LogP) is 3.83. The number of pyridine rings is 1. The van der Waals surface area contributed by atoms with E-state index in [4.69, 9.17) is 0 Å². The van der Waals surface area contributed by atoms with Crippen molar-refractivity contribution in [2.45, 2.75) is 13.1 Å². The highest BCUT2D eigenvalue weighted by atomic mass is 19.4. The summed E-state index contributed by atoms with van der Waals surface area (Å²) in [5.74, 6) is 0.695. The number of anilines is 1. The van der Waals surface area contributed by atoms with E-state index in [9.17, 15) is 18.0 Å². The van der Waals surface area contributed by atoms with Crippen LogP contribution in [0.3, 0.4) is 0 Å². The third-order valence-electron chi connectivity index (χ3n) is 5.13. The fraction of sp³-hybridized carbons (Fsp3) is 0.273. The van der Waals surface area contributed by atoms with Gasteiger partial charge >= 0.3 is 6.18 Å². The van der Waals surface area contributed by atoms with E-state index in [1.54, 1.807) is 12.4 Å². The number of aromatic nitrogens is 3. The molecule has 0 spiro atoms. The highest BCUT2D eigenvalue weighted by Crippen LogP contribution is 2.32. The third kappa shape index (κ3) is 4.50. The van der Waals surface area contributed by atoms with E-state index >= 15 is 0 Å². The number of piperazine rings is 1. The summed E-state index contributed by atoms with van der Waals surface area (Å²) >= 11 is 0. The van der Waals surface area contributed by atoms with Crippen molar-refractivity contribution in [2.75, 3.05) is 31.1 Å². The molecule has 3 heterocycles. The molecule has 1 aliphatic heterocycles. The molecular weight excluding hydrogens is 407 g/mol. The summed E-state index contributed by atoms with van der Waals surface area (Å²) in [6, 6.07) is 10.4. The van der Waals surface area contributed by atoms with Crippen molar-refractivity contribution in [3.05, 3.63) is 71.7 Å². The van der Waals surface area contributed by atoms with E-state index in [1.807, 2.05) is 30.0 Å². The Kier molecular flexibility index (Phi) is 5.58. The minimum Gasteiger partial charge on any atom is -0.353 e. The Morgan fingerprint density at radius 3 is 2.32 bits per heavy atom. The molecule has 1 fully saturated rings. The maximum absolute atomic E-state index is 13.3. The lowest BCUT2D eigenvalue weighted by atomic mass is 10.1. The van der Waals surface area contributed by atoms with E-state index in [1.165, 1.54) is 23.1 Å². The van der Waals surface area contributed by atoms with Crippen molar-refractivity contribution in [1.82, 2.24) is 19.9 Å². The fourth-order valence-corrected chi connectivity index (χ4v) is 3.57. The van der Waals surface area contributed by atoms with Crippen molar-refractivity contribution in [1.29, 1.82) is 0 Å². The first-order chi connectivity index (χ1) is 14.8. The second-order valence-electron chi connectivity index (χ2n) is 7.25. The van der Waals surface area contributed by atoms with Gasteiger partial charge in [0.2, 0.25) is 0 Å². The van der Waals surface area contributed by atoms with Crippen LogP contribution in [0.2, 0.25) is 0 Å². The van der Waals surface area contributed by atoms with Gasteiger partial charge in [-0.25, -0.2) is 9.97 Å². The van der Waals surface area contributed by atoms with Crippen LogP contribution in [0, 0.1) is 6.92 Å². The maximum Gasteiger partial charge on any atom is 0.417 e. The van der Waals surface area contributed by atoms with Crippen LogP contribution in [0.1, 0.15) is 21.6 Å². The lowest BCUT2D eigenvalue weighted by Crippen LogP contribution is -2.49. The zero-order chi connectivity index (χ0) is 22.0. The molecule has 0 bridgehead atoms. The van der Waals surface area contributed by atoms with Crippen LogP contribution in [0.15, 0.2) is 54.9 Å². The van der Waals surface area contributed by atoms with Crippen molar-refractivity contribution in [3.63, 3.8) is 0 Å². The minimum atomic E-state index is -4.57. The molecule has 1 amide bonds. The Labute approximate surface area is 177 Å². The number of alkyl halides is 3. The van der Waals surface area contributed by atoms with E-state index < -0.39 is 17.6 Å². The molecule has 1 aliphatic rings. The number of rotatable bonds is 3. The Bertz CT molecular complexity index is 1080. The Morgan fingerprint density at radius 1 is 0.968 bits per heavy atom. The molecule has 0 atom stereocenters. The average molecular weight is 427 g/mol. The normalized spacial score (nSPS) is 14.6. The molecule has 0 radical (unpaired) electrons. The monoisotopic (exact) mass is 427 g/mol. The first-order valence-corrected chi connectivity index (χ1v) is 9.79. The zero-order valence-corrected chi connectivity index (χ0v) is 16.8. The summed E-state index contributed by atoms with van der Waals surface area (Å²) in [5, 5.41) is 0. The van der Waals surface area contributed by atoms with Crippen molar-refractivity contribution >= 4 is 11.7 Å². The SMILES string of the molecule is Cc1cc(N2CCN(C(=O)c3ccccc3C(F)(F)F)CC2)nc(-c2ccncc2)n1. The molecular formula is C22H20F3N5O. The van der Waals surface area contributed by atoms with Gasteiger partial charge in [-0.05, 0) is 31.2 Å². The van der Waals surface area contributed by atoms with Gasteiger partial charge in [0, 0.05) is 55.9 Å².